The highest BCUT2D eigenvalue weighted by atomic mass is 16.5. The summed E-state index contributed by atoms with van der Waals surface area (Å²) in [5.74, 6) is 0.682. The maximum absolute atomic E-state index is 13.2. The maximum Gasteiger partial charge on any atom is 0.254 e. The van der Waals surface area contributed by atoms with Gasteiger partial charge in [-0.05, 0) is 49.9 Å². The highest BCUT2D eigenvalue weighted by Gasteiger charge is 2.40. The number of rotatable bonds is 7. The molecule has 0 aromatic heterocycles. The van der Waals surface area contributed by atoms with Gasteiger partial charge in [0.1, 0.15) is 11.9 Å². The lowest BCUT2D eigenvalue weighted by Gasteiger charge is -2.26. The molecule has 2 heterocycles. The molecule has 180 valence electrons. The van der Waals surface area contributed by atoms with Gasteiger partial charge in [0.2, 0.25) is 0 Å². The summed E-state index contributed by atoms with van der Waals surface area (Å²) >= 11 is 0. The molecule has 1 saturated carbocycles. The topological polar surface area (TPSA) is 79.9 Å². The zero-order valence-electron chi connectivity index (χ0n) is 19.9. The van der Waals surface area contributed by atoms with Crippen LogP contribution in [0, 0.1) is 5.92 Å². The molecule has 2 fully saturated rings. The lowest BCUT2D eigenvalue weighted by atomic mass is 9.87. The molecule has 34 heavy (non-hydrogen) atoms. The summed E-state index contributed by atoms with van der Waals surface area (Å²) < 4.78 is 11.6. The molecule has 2 N–H and O–H groups in total. The van der Waals surface area contributed by atoms with E-state index in [1.807, 2.05) is 31.2 Å². The average Bonchev–Trinajstić information content (AvgIpc) is 3.52. The summed E-state index contributed by atoms with van der Waals surface area (Å²) in [5.41, 5.74) is 2.93. The number of hydrogen-bond acceptors (Lipinski definition) is 5. The second kappa shape index (κ2) is 9.76. The van der Waals surface area contributed by atoms with Crippen LogP contribution in [0.2, 0.25) is 0 Å². The van der Waals surface area contributed by atoms with E-state index in [2.05, 4.69) is 27.7 Å². The molecule has 2 amide bonds. The Morgan fingerprint density at radius 3 is 2.59 bits per heavy atom. The third-order valence-electron chi connectivity index (χ3n) is 7.28. The van der Waals surface area contributed by atoms with Crippen molar-refractivity contribution in [1.29, 1.82) is 0 Å². The molecule has 0 spiro atoms. The molecular formula is C27H33N3O4. The van der Waals surface area contributed by atoms with Gasteiger partial charge in [0, 0.05) is 43.2 Å². The van der Waals surface area contributed by atoms with Crippen LogP contribution in [0.5, 0.6) is 5.75 Å². The zero-order valence-corrected chi connectivity index (χ0v) is 19.9. The Balaban J connectivity index is 1.32. The van der Waals surface area contributed by atoms with Crippen LogP contribution >= 0.6 is 0 Å². The van der Waals surface area contributed by atoms with Gasteiger partial charge < -0.3 is 20.1 Å². The molecule has 3 aliphatic rings. The molecular weight excluding hydrogens is 430 g/mol. The number of fused-ring (bicyclic) bond motifs is 1. The quantitative estimate of drug-likeness (QED) is 0.660. The molecule has 2 aromatic rings. The predicted octanol–water partition coefficient (Wildman–Crippen LogP) is 2.80. The number of ether oxygens (including phenoxy) is 2. The van der Waals surface area contributed by atoms with Crippen molar-refractivity contribution in [2.45, 2.75) is 37.8 Å². The number of amides is 2. The molecule has 0 radical (unpaired) electrons. The van der Waals surface area contributed by atoms with Gasteiger partial charge >= 0.3 is 0 Å². The van der Waals surface area contributed by atoms with E-state index in [1.54, 1.807) is 13.1 Å². The summed E-state index contributed by atoms with van der Waals surface area (Å²) in [7, 11) is 1.60. The Bertz CT molecular complexity index is 1050. The summed E-state index contributed by atoms with van der Waals surface area (Å²) in [6, 6.07) is 13.9. The lowest BCUT2D eigenvalue weighted by Crippen LogP contribution is -2.37. The summed E-state index contributed by atoms with van der Waals surface area (Å²) in [6.45, 7) is 6.66. The number of hydrogen-bond donors (Lipinski definition) is 2. The lowest BCUT2D eigenvalue weighted by molar-refractivity contribution is 0.0367. The molecule has 4 atom stereocenters. The van der Waals surface area contributed by atoms with E-state index in [0.29, 0.717) is 22.8 Å². The number of nitrogens with zero attached hydrogens (tertiary/aromatic N) is 1. The Labute approximate surface area is 200 Å². The maximum atomic E-state index is 13.2. The van der Waals surface area contributed by atoms with Crippen molar-refractivity contribution in [2.24, 2.45) is 5.92 Å². The molecule has 5 rings (SSSR count). The standard InChI is InChI=1S/C27H33N3O4/c1-17-24(18-6-4-3-5-7-18)21-14-20(15-22(25(21)34-17)27(32)28-2)26(31)29-23-16-19(23)8-9-30-10-12-33-13-11-30/h3-7,14-15,17,19,23-24H,8-13,16H2,1-2H3,(H,28,32)(H,29,31)/t17-,19+,23+,24+/m1/s1. The van der Waals surface area contributed by atoms with Gasteiger partial charge in [0.25, 0.3) is 11.8 Å². The average molecular weight is 464 g/mol. The first-order valence-electron chi connectivity index (χ1n) is 12.3. The predicted molar refractivity (Wildman–Crippen MR) is 129 cm³/mol. The highest BCUT2D eigenvalue weighted by molar-refractivity contribution is 6.02. The molecule has 0 bridgehead atoms. The van der Waals surface area contributed by atoms with Crippen molar-refractivity contribution >= 4 is 11.8 Å². The van der Waals surface area contributed by atoms with Crippen LogP contribution in [0.3, 0.4) is 0 Å². The van der Waals surface area contributed by atoms with Gasteiger partial charge in [-0.2, -0.15) is 0 Å². The van der Waals surface area contributed by atoms with Gasteiger partial charge in [0.15, 0.2) is 0 Å². The van der Waals surface area contributed by atoms with Crippen molar-refractivity contribution < 1.29 is 19.1 Å². The fourth-order valence-corrected chi connectivity index (χ4v) is 5.23. The molecule has 2 aliphatic heterocycles. The van der Waals surface area contributed by atoms with Gasteiger partial charge in [-0.15, -0.1) is 0 Å². The van der Waals surface area contributed by atoms with E-state index in [1.165, 1.54) is 0 Å². The Morgan fingerprint density at radius 1 is 1.09 bits per heavy atom. The summed E-state index contributed by atoms with van der Waals surface area (Å²) in [4.78, 5) is 28.3. The highest BCUT2D eigenvalue weighted by Crippen LogP contribution is 2.45. The monoisotopic (exact) mass is 463 g/mol. The first kappa shape index (κ1) is 22.9. The largest absolute Gasteiger partial charge is 0.489 e. The minimum Gasteiger partial charge on any atom is -0.489 e. The number of benzene rings is 2. The van der Waals surface area contributed by atoms with Crippen molar-refractivity contribution in [3.63, 3.8) is 0 Å². The van der Waals surface area contributed by atoms with E-state index in [4.69, 9.17) is 9.47 Å². The van der Waals surface area contributed by atoms with Gasteiger partial charge in [0.05, 0.1) is 18.8 Å². The minimum atomic E-state index is -0.248. The second-order valence-corrected chi connectivity index (χ2v) is 9.55. The van der Waals surface area contributed by atoms with Crippen LogP contribution in [0.4, 0.5) is 0 Å². The van der Waals surface area contributed by atoms with Crippen molar-refractivity contribution in [1.82, 2.24) is 15.5 Å². The summed E-state index contributed by atoms with van der Waals surface area (Å²) in [6.07, 6.45) is 1.96. The fourth-order valence-electron chi connectivity index (χ4n) is 5.23. The first-order chi connectivity index (χ1) is 16.5. The molecule has 1 aliphatic carbocycles. The van der Waals surface area contributed by atoms with Crippen LogP contribution in [-0.2, 0) is 4.74 Å². The third kappa shape index (κ3) is 4.68. The normalized spacial score (nSPS) is 25.8. The molecule has 7 heteroatoms. The molecule has 0 unspecified atom stereocenters. The van der Waals surface area contributed by atoms with Crippen LogP contribution in [-0.4, -0.2) is 68.8 Å². The molecule has 2 aromatic carbocycles. The van der Waals surface area contributed by atoms with E-state index >= 15 is 0 Å². The van der Waals surface area contributed by atoms with E-state index < -0.39 is 0 Å². The summed E-state index contributed by atoms with van der Waals surface area (Å²) in [5, 5.41) is 5.88. The zero-order chi connectivity index (χ0) is 23.7. The van der Waals surface area contributed by atoms with Crippen LogP contribution in [0.15, 0.2) is 42.5 Å². The molecule has 1 saturated heterocycles. The SMILES string of the molecule is CNC(=O)c1cc(C(=O)N[C@H]2C[C@@H]2CCN2CCOCC2)cc2c1O[C@H](C)[C@H]2c1ccccc1. The van der Waals surface area contributed by atoms with Crippen LogP contribution in [0.25, 0.3) is 0 Å². The van der Waals surface area contributed by atoms with E-state index in [0.717, 1.165) is 56.8 Å². The fraction of sp³-hybridized carbons (Fsp3) is 0.481. The smallest absolute Gasteiger partial charge is 0.254 e. The number of carbonyl (C=O) groups excluding carboxylic acids is 2. The van der Waals surface area contributed by atoms with Crippen LogP contribution in [0.1, 0.15) is 57.5 Å². The van der Waals surface area contributed by atoms with E-state index in [9.17, 15) is 9.59 Å². The molecule has 7 nitrogen and oxygen atoms in total. The number of morpholine rings is 1. The Morgan fingerprint density at radius 2 is 1.85 bits per heavy atom. The van der Waals surface area contributed by atoms with Crippen molar-refractivity contribution in [2.75, 3.05) is 39.9 Å². The second-order valence-electron chi connectivity index (χ2n) is 9.55. The van der Waals surface area contributed by atoms with Crippen LogP contribution < -0.4 is 15.4 Å². The number of nitrogens with one attached hydrogen (secondary N) is 2. The van der Waals surface area contributed by atoms with Gasteiger partial charge in [-0.3, -0.25) is 14.5 Å². The Hall–Kier alpha value is -2.90. The third-order valence-corrected chi connectivity index (χ3v) is 7.28. The van der Waals surface area contributed by atoms with Crippen molar-refractivity contribution in [3.05, 3.63) is 64.7 Å². The van der Waals surface area contributed by atoms with Crippen molar-refractivity contribution in [3.8, 4) is 5.75 Å². The first-order valence-corrected chi connectivity index (χ1v) is 12.3. The van der Waals surface area contributed by atoms with Gasteiger partial charge in [-0.25, -0.2) is 0 Å². The minimum absolute atomic E-state index is 0.0328. The number of carbonyl (C=O) groups is 2. The Kier molecular flexibility index (Phi) is 6.57. The van der Waals surface area contributed by atoms with E-state index in [-0.39, 0.29) is 29.9 Å². The van der Waals surface area contributed by atoms with Gasteiger partial charge in [-0.1, -0.05) is 30.3 Å².